The zero-order valence-electron chi connectivity index (χ0n) is 20.2. The Morgan fingerprint density at radius 3 is 2.00 bits per heavy atom. The van der Waals surface area contributed by atoms with Crippen molar-refractivity contribution in [3.8, 4) is 0 Å². The number of nitrogens with zero attached hydrogens (tertiary/aromatic N) is 5. The van der Waals surface area contributed by atoms with E-state index >= 15 is 0 Å². The normalized spacial score (nSPS) is 34.6. The summed E-state index contributed by atoms with van der Waals surface area (Å²) in [6, 6.07) is 3.50. The molecule has 9 heteroatoms. The van der Waals surface area contributed by atoms with Crippen LogP contribution in [-0.4, -0.2) is 92.8 Å². The minimum absolute atomic E-state index is 0.0750. The summed E-state index contributed by atoms with van der Waals surface area (Å²) in [5, 5.41) is 0. The average Bonchev–Trinajstić information content (AvgIpc) is 2.83. The molecule has 7 rings (SSSR count). The first-order valence-corrected chi connectivity index (χ1v) is 14.5. The topological polar surface area (TPSA) is 77.1 Å². The van der Waals surface area contributed by atoms with Gasteiger partial charge in [0.15, 0.2) is 0 Å². The van der Waals surface area contributed by atoms with E-state index in [4.69, 9.17) is 0 Å². The molecular formula is C25H37N5O3S. The third-order valence-electron chi connectivity index (χ3n) is 9.20. The maximum atomic E-state index is 13.6. The smallest absolute Gasteiger partial charge is 0.244 e. The molecule has 34 heavy (non-hydrogen) atoms. The van der Waals surface area contributed by atoms with Crippen LogP contribution in [0.5, 0.6) is 0 Å². The zero-order valence-corrected chi connectivity index (χ0v) is 21.0. The van der Waals surface area contributed by atoms with Gasteiger partial charge in [0.25, 0.3) is 0 Å². The number of pyridine rings is 1. The highest BCUT2D eigenvalue weighted by Crippen LogP contribution is 2.60. The summed E-state index contributed by atoms with van der Waals surface area (Å²) in [7, 11) is -1.49. The molecule has 4 aliphatic carbocycles. The molecule has 0 N–H and O–H groups in total. The molecule has 3 heterocycles. The van der Waals surface area contributed by atoms with Crippen LogP contribution in [0.15, 0.2) is 23.2 Å². The van der Waals surface area contributed by atoms with Gasteiger partial charge in [-0.3, -0.25) is 4.79 Å². The summed E-state index contributed by atoms with van der Waals surface area (Å²) in [5.74, 6) is 3.54. The first kappa shape index (κ1) is 22.7. The van der Waals surface area contributed by atoms with Crippen LogP contribution >= 0.6 is 0 Å². The lowest BCUT2D eigenvalue weighted by Crippen LogP contribution is -2.58. The molecule has 6 fully saturated rings. The van der Waals surface area contributed by atoms with Crippen molar-refractivity contribution in [3.63, 3.8) is 0 Å². The van der Waals surface area contributed by atoms with Crippen LogP contribution in [-0.2, 0) is 14.8 Å². The van der Waals surface area contributed by atoms with Crippen LogP contribution in [0.2, 0.25) is 0 Å². The molecule has 8 nitrogen and oxygen atoms in total. The molecule has 186 valence electrons. The van der Waals surface area contributed by atoms with Crippen molar-refractivity contribution in [2.75, 3.05) is 64.3 Å². The van der Waals surface area contributed by atoms with Crippen LogP contribution in [0, 0.1) is 23.2 Å². The summed E-state index contributed by atoms with van der Waals surface area (Å²) < 4.78 is 27.5. The Labute approximate surface area is 203 Å². The molecule has 2 aliphatic heterocycles. The minimum Gasteiger partial charge on any atom is -0.353 e. The standard InChI is InChI=1S/C25H37N5O3S/c1-27-4-10-30(11-5-27)34(32,33)22-2-3-23(26-18-22)28-6-8-29(9-7-28)24(31)25-15-19-12-20(16-25)14-21(13-19)17-25/h2-3,18-21H,4-17H2,1H3. The first-order chi connectivity index (χ1) is 16.3. The van der Waals surface area contributed by atoms with Gasteiger partial charge in [0.2, 0.25) is 15.9 Å². The maximum absolute atomic E-state index is 13.6. The van der Waals surface area contributed by atoms with Crippen molar-refractivity contribution < 1.29 is 13.2 Å². The summed E-state index contributed by atoms with van der Waals surface area (Å²) in [6.07, 6.45) is 8.90. The first-order valence-electron chi connectivity index (χ1n) is 13.0. The molecule has 4 bridgehead atoms. The van der Waals surface area contributed by atoms with Gasteiger partial charge in [-0.2, -0.15) is 4.31 Å². The van der Waals surface area contributed by atoms with Crippen molar-refractivity contribution >= 4 is 21.7 Å². The summed E-state index contributed by atoms with van der Waals surface area (Å²) in [4.78, 5) is 24.8. The van der Waals surface area contributed by atoms with Gasteiger partial charge in [0.1, 0.15) is 10.7 Å². The molecule has 1 amide bonds. The van der Waals surface area contributed by atoms with Gasteiger partial charge in [-0.05, 0) is 75.5 Å². The maximum Gasteiger partial charge on any atom is 0.244 e. The Bertz CT molecular complexity index is 992. The van der Waals surface area contributed by atoms with Crippen molar-refractivity contribution in [1.29, 1.82) is 0 Å². The Morgan fingerprint density at radius 1 is 0.882 bits per heavy atom. The van der Waals surface area contributed by atoms with Gasteiger partial charge in [-0.15, -0.1) is 0 Å². The van der Waals surface area contributed by atoms with E-state index in [0.717, 1.165) is 82.1 Å². The number of carbonyl (C=O) groups excluding carboxylic acids is 1. The second-order valence-electron chi connectivity index (χ2n) is 11.5. The van der Waals surface area contributed by atoms with Crippen molar-refractivity contribution in [1.82, 2.24) is 19.1 Å². The number of aromatic nitrogens is 1. The van der Waals surface area contributed by atoms with Gasteiger partial charge in [-0.25, -0.2) is 13.4 Å². The number of carbonyl (C=O) groups is 1. The lowest BCUT2D eigenvalue weighted by atomic mass is 9.49. The Morgan fingerprint density at radius 2 is 1.47 bits per heavy atom. The Balaban J connectivity index is 1.08. The van der Waals surface area contributed by atoms with E-state index in [2.05, 4.69) is 19.7 Å². The average molecular weight is 488 g/mol. The van der Waals surface area contributed by atoms with Crippen LogP contribution < -0.4 is 4.90 Å². The molecular weight excluding hydrogens is 450 g/mol. The van der Waals surface area contributed by atoms with E-state index in [-0.39, 0.29) is 10.3 Å². The van der Waals surface area contributed by atoms with Gasteiger partial charge in [0.05, 0.1) is 5.41 Å². The lowest BCUT2D eigenvalue weighted by Gasteiger charge is -2.57. The van der Waals surface area contributed by atoms with Crippen molar-refractivity contribution in [3.05, 3.63) is 18.3 Å². The summed E-state index contributed by atoms with van der Waals surface area (Å²) in [5.41, 5.74) is -0.0750. The third-order valence-corrected chi connectivity index (χ3v) is 11.1. The largest absolute Gasteiger partial charge is 0.353 e. The lowest BCUT2D eigenvalue weighted by molar-refractivity contribution is -0.158. The van der Waals surface area contributed by atoms with Crippen LogP contribution in [0.1, 0.15) is 38.5 Å². The van der Waals surface area contributed by atoms with E-state index in [0.29, 0.717) is 19.0 Å². The van der Waals surface area contributed by atoms with Gasteiger partial charge in [-0.1, -0.05) is 0 Å². The number of likely N-dealkylation sites (N-methyl/N-ethyl adjacent to an activating group) is 1. The molecule has 0 spiro atoms. The second kappa shape index (κ2) is 8.45. The number of anilines is 1. The molecule has 4 saturated carbocycles. The fraction of sp³-hybridized carbons (Fsp3) is 0.760. The number of hydrogen-bond donors (Lipinski definition) is 0. The molecule has 1 aromatic rings. The number of hydrogen-bond acceptors (Lipinski definition) is 6. The fourth-order valence-electron chi connectivity index (χ4n) is 7.74. The predicted molar refractivity (Wildman–Crippen MR) is 130 cm³/mol. The zero-order chi connectivity index (χ0) is 23.5. The molecule has 1 aromatic heterocycles. The third kappa shape index (κ3) is 3.93. The highest BCUT2D eigenvalue weighted by molar-refractivity contribution is 7.89. The highest BCUT2D eigenvalue weighted by atomic mass is 32.2. The number of sulfonamides is 1. The van der Waals surface area contributed by atoms with Gasteiger partial charge < -0.3 is 14.7 Å². The molecule has 0 radical (unpaired) electrons. The monoisotopic (exact) mass is 487 g/mol. The fourth-order valence-corrected chi connectivity index (χ4v) is 9.10. The quantitative estimate of drug-likeness (QED) is 0.646. The van der Waals surface area contributed by atoms with E-state index in [1.807, 2.05) is 13.1 Å². The number of amides is 1. The highest BCUT2D eigenvalue weighted by Gasteiger charge is 2.55. The van der Waals surface area contributed by atoms with Crippen molar-refractivity contribution in [2.24, 2.45) is 23.2 Å². The molecule has 6 aliphatic rings. The number of rotatable bonds is 4. The van der Waals surface area contributed by atoms with Crippen LogP contribution in [0.25, 0.3) is 0 Å². The van der Waals surface area contributed by atoms with Crippen LogP contribution in [0.3, 0.4) is 0 Å². The van der Waals surface area contributed by atoms with Gasteiger partial charge in [0, 0.05) is 58.6 Å². The predicted octanol–water partition coefficient (Wildman–Crippen LogP) is 1.88. The number of piperazine rings is 2. The molecule has 0 aromatic carbocycles. The summed E-state index contributed by atoms with van der Waals surface area (Å²) in [6.45, 7) is 5.47. The van der Waals surface area contributed by atoms with Crippen molar-refractivity contribution in [2.45, 2.75) is 43.4 Å². The summed E-state index contributed by atoms with van der Waals surface area (Å²) >= 11 is 0. The Kier molecular flexibility index (Phi) is 5.65. The minimum atomic E-state index is -3.50. The molecule has 0 atom stereocenters. The van der Waals surface area contributed by atoms with E-state index in [9.17, 15) is 13.2 Å². The molecule has 0 unspecified atom stereocenters. The molecule has 2 saturated heterocycles. The van der Waals surface area contributed by atoms with Gasteiger partial charge >= 0.3 is 0 Å². The van der Waals surface area contributed by atoms with Crippen LogP contribution in [0.4, 0.5) is 5.82 Å². The Hall–Kier alpha value is -1.71. The SMILES string of the molecule is CN1CCN(S(=O)(=O)c2ccc(N3CCN(C(=O)C45CC6CC(CC(C6)C4)C5)CC3)nc2)CC1. The second-order valence-corrected chi connectivity index (χ2v) is 13.5. The van der Waals surface area contributed by atoms with E-state index < -0.39 is 10.0 Å². The van der Waals surface area contributed by atoms with E-state index in [1.54, 1.807) is 10.4 Å². The van der Waals surface area contributed by atoms with E-state index in [1.165, 1.54) is 25.5 Å².